The van der Waals surface area contributed by atoms with Gasteiger partial charge in [0.15, 0.2) is 14.2 Å². The molecule has 2 N–H and O–H groups in total. The highest BCUT2D eigenvalue weighted by molar-refractivity contribution is 8.01. The van der Waals surface area contributed by atoms with Crippen LogP contribution in [0.5, 0.6) is 0 Å². The first-order valence-corrected chi connectivity index (χ1v) is 13.4. The van der Waals surface area contributed by atoms with Crippen LogP contribution in [0.1, 0.15) is 25.0 Å². The molecule has 1 heterocycles. The summed E-state index contributed by atoms with van der Waals surface area (Å²) in [5.74, 6) is -0.214. The average Bonchev–Trinajstić information content (AvgIpc) is 3.19. The Morgan fingerprint density at radius 3 is 2.35 bits per heavy atom. The smallest absolute Gasteiger partial charge is 0.234 e. The predicted molar refractivity (Wildman–Crippen MR) is 127 cm³/mol. The number of benzene rings is 2. The highest BCUT2D eigenvalue weighted by atomic mass is 32.2. The van der Waals surface area contributed by atoms with E-state index in [0.717, 1.165) is 24.8 Å². The second-order valence-electron chi connectivity index (χ2n) is 6.76. The molecule has 3 aromatic rings. The molecule has 0 saturated carbocycles. The third-order valence-corrected chi connectivity index (χ3v) is 7.65. The third-order valence-electron chi connectivity index (χ3n) is 4.52. The molecule has 2 aromatic carbocycles. The number of carbonyl (C=O) groups excluding carboxylic acids is 1. The Bertz CT molecular complexity index is 1150. The van der Waals surface area contributed by atoms with E-state index in [1.165, 1.54) is 40.3 Å². The molecule has 0 aliphatic heterocycles. The molecule has 3 rings (SSSR count). The van der Waals surface area contributed by atoms with Gasteiger partial charge < -0.3 is 10.6 Å². The molecule has 1 amide bonds. The molecule has 0 spiro atoms. The van der Waals surface area contributed by atoms with Gasteiger partial charge >= 0.3 is 0 Å². The summed E-state index contributed by atoms with van der Waals surface area (Å²) < 4.78 is 24.4. The summed E-state index contributed by atoms with van der Waals surface area (Å²) in [7, 11) is -3.43. The van der Waals surface area contributed by atoms with E-state index in [-0.39, 0.29) is 22.2 Å². The molecule has 0 fully saturated rings. The van der Waals surface area contributed by atoms with Crippen LogP contribution in [0.4, 0.5) is 16.5 Å². The van der Waals surface area contributed by atoms with Crippen molar-refractivity contribution in [3.63, 3.8) is 0 Å². The quantitative estimate of drug-likeness (QED) is 0.437. The lowest BCUT2D eigenvalue weighted by atomic mass is 10.0. The minimum Gasteiger partial charge on any atom is -0.330 e. The Balaban J connectivity index is 1.64. The second-order valence-corrected chi connectivity index (χ2v) is 10.9. The fourth-order valence-electron chi connectivity index (χ4n) is 3.04. The van der Waals surface area contributed by atoms with Crippen LogP contribution in [-0.4, -0.2) is 36.5 Å². The highest BCUT2D eigenvalue weighted by Crippen LogP contribution is 2.31. The van der Waals surface area contributed by atoms with Crippen molar-refractivity contribution in [1.29, 1.82) is 0 Å². The number of hydrogen-bond acceptors (Lipinski definition) is 8. The second kappa shape index (κ2) is 10.3. The van der Waals surface area contributed by atoms with Gasteiger partial charge in [-0.15, -0.1) is 10.2 Å². The number of aryl methyl sites for hydroxylation is 2. The summed E-state index contributed by atoms with van der Waals surface area (Å²) in [4.78, 5) is 12.4. The molecule has 7 nitrogen and oxygen atoms in total. The Kier molecular flexibility index (Phi) is 7.69. The molecular formula is C21H24N4O3S3. The Morgan fingerprint density at radius 1 is 1.03 bits per heavy atom. The lowest BCUT2D eigenvalue weighted by Crippen LogP contribution is -2.16. The van der Waals surface area contributed by atoms with Crippen LogP contribution in [0.2, 0.25) is 0 Å². The van der Waals surface area contributed by atoms with Crippen molar-refractivity contribution in [3.8, 4) is 0 Å². The fourth-order valence-corrected chi connectivity index (χ4v) is 5.44. The molecular weight excluding hydrogens is 452 g/mol. The molecule has 10 heteroatoms. The van der Waals surface area contributed by atoms with Crippen molar-refractivity contribution in [2.45, 2.75) is 35.9 Å². The van der Waals surface area contributed by atoms with E-state index in [0.29, 0.717) is 9.47 Å². The molecule has 0 radical (unpaired) electrons. The van der Waals surface area contributed by atoms with Crippen molar-refractivity contribution in [3.05, 3.63) is 53.6 Å². The maximum atomic E-state index is 12.3. The first-order valence-electron chi connectivity index (χ1n) is 9.74. The van der Waals surface area contributed by atoms with Gasteiger partial charge in [0.05, 0.1) is 16.3 Å². The van der Waals surface area contributed by atoms with Gasteiger partial charge in [0.25, 0.3) is 0 Å². The van der Waals surface area contributed by atoms with Crippen LogP contribution in [0, 0.1) is 0 Å². The summed E-state index contributed by atoms with van der Waals surface area (Å²) in [6.07, 6.45) is 2.93. The van der Waals surface area contributed by atoms with E-state index in [1.807, 2.05) is 0 Å². The van der Waals surface area contributed by atoms with Crippen molar-refractivity contribution < 1.29 is 13.2 Å². The molecule has 0 bridgehead atoms. The number of aromatic nitrogens is 2. The molecule has 31 heavy (non-hydrogen) atoms. The van der Waals surface area contributed by atoms with Crippen LogP contribution in [0.25, 0.3) is 0 Å². The van der Waals surface area contributed by atoms with Crippen molar-refractivity contribution in [2.24, 2.45) is 0 Å². The Labute approximate surface area is 190 Å². The number of carbonyl (C=O) groups is 1. The predicted octanol–water partition coefficient (Wildman–Crippen LogP) is 4.54. The van der Waals surface area contributed by atoms with E-state index in [4.69, 9.17) is 0 Å². The van der Waals surface area contributed by atoms with Gasteiger partial charge in [0.2, 0.25) is 11.0 Å². The van der Waals surface area contributed by atoms with Crippen LogP contribution >= 0.6 is 23.1 Å². The third kappa shape index (κ3) is 6.05. The van der Waals surface area contributed by atoms with E-state index >= 15 is 0 Å². The van der Waals surface area contributed by atoms with Crippen molar-refractivity contribution in [1.82, 2.24) is 10.2 Å². The zero-order valence-electron chi connectivity index (χ0n) is 17.5. The van der Waals surface area contributed by atoms with Crippen molar-refractivity contribution >= 4 is 55.3 Å². The van der Waals surface area contributed by atoms with E-state index < -0.39 is 9.84 Å². The SMILES string of the molecule is CCc1cccc(CC)c1Nc1nnc(SCC(=O)Nc2ccccc2S(C)(=O)=O)s1. The number of anilines is 3. The molecule has 0 aliphatic carbocycles. The number of nitrogens with zero attached hydrogens (tertiary/aromatic N) is 2. The zero-order chi connectivity index (χ0) is 22.4. The number of thioether (sulfide) groups is 1. The number of rotatable bonds is 9. The van der Waals surface area contributed by atoms with Crippen LogP contribution < -0.4 is 10.6 Å². The molecule has 0 atom stereocenters. The van der Waals surface area contributed by atoms with Crippen LogP contribution in [0.3, 0.4) is 0 Å². The van der Waals surface area contributed by atoms with Gasteiger partial charge in [-0.2, -0.15) is 0 Å². The van der Waals surface area contributed by atoms with E-state index in [9.17, 15) is 13.2 Å². The largest absolute Gasteiger partial charge is 0.330 e. The number of nitrogens with one attached hydrogen (secondary N) is 2. The summed E-state index contributed by atoms with van der Waals surface area (Å²) in [5.41, 5.74) is 3.77. The Hall–Kier alpha value is -2.43. The fraction of sp³-hybridized carbons (Fsp3) is 0.286. The number of hydrogen-bond donors (Lipinski definition) is 2. The van der Waals surface area contributed by atoms with E-state index in [1.54, 1.807) is 18.2 Å². The van der Waals surface area contributed by atoms with Gasteiger partial charge in [-0.05, 0) is 36.1 Å². The minimum absolute atomic E-state index is 0.0945. The summed E-state index contributed by atoms with van der Waals surface area (Å²) in [6.45, 7) is 4.23. The first-order chi connectivity index (χ1) is 14.8. The van der Waals surface area contributed by atoms with Crippen molar-refractivity contribution in [2.75, 3.05) is 22.6 Å². The minimum atomic E-state index is -3.43. The van der Waals surface area contributed by atoms with Gasteiger partial charge in [-0.25, -0.2) is 8.42 Å². The number of sulfone groups is 1. The molecule has 164 valence electrons. The zero-order valence-corrected chi connectivity index (χ0v) is 20.0. The summed E-state index contributed by atoms with van der Waals surface area (Å²) in [5, 5.41) is 15.1. The van der Waals surface area contributed by atoms with E-state index in [2.05, 4.69) is 52.9 Å². The lowest BCUT2D eigenvalue weighted by molar-refractivity contribution is -0.113. The summed E-state index contributed by atoms with van der Waals surface area (Å²) in [6, 6.07) is 12.6. The van der Waals surface area contributed by atoms with Gasteiger partial charge in [0.1, 0.15) is 0 Å². The standard InChI is InChI=1S/C21H24N4O3S3/c1-4-14-9-8-10-15(5-2)19(14)23-20-24-25-21(30-20)29-13-18(26)22-16-11-6-7-12-17(16)31(3,27)28/h6-12H,4-5,13H2,1-3H3,(H,22,26)(H,23,24). The van der Waals surface area contributed by atoms with Gasteiger partial charge in [-0.3, -0.25) is 4.79 Å². The topological polar surface area (TPSA) is 101 Å². The highest BCUT2D eigenvalue weighted by Gasteiger charge is 2.16. The maximum Gasteiger partial charge on any atom is 0.234 e. The first kappa shape index (κ1) is 23.2. The van der Waals surface area contributed by atoms with Gasteiger partial charge in [-0.1, -0.05) is 67.3 Å². The lowest BCUT2D eigenvalue weighted by Gasteiger charge is -2.13. The normalized spacial score (nSPS) is 11.3. The molecule has 1 aromatic heterocycles. The van der Waals surface area contributed by atoms with Gasteiger partial charge in [0, 0.05) is 11.9 Å². The molecule has 0 unspecified atom stereocenters. The number of amides is 1. The molecule has 0 aliphatic rings. The monoisotopic (exact) mass is 476 g/mol. The number of para-hydroxylation sites is 2. The maximum absolute atomic E-state index is 12.3. The average molecular weight is 477 g/mol. The van der Waals surface area contributed by atoms with Crippen LogP contribution in [0.15, 0.2) is 51.7 Å². The molecule has 0 saturated heterocycles. The Morgan fingerprint density at radius 2 is 1.71 bits per heavy atom. The van der Waals surface area contributed by atoms with Crippen LogP contribution in [-0.2, 0) is 27.5 Å². The summed E-state index contributed by atoms with van der Waals surface area (Å²) >= 11 is 2.63.